The molecular weight excluding hydrogens is 450 g/mol. The summed E-state index contributed by atoms with van der Waals surface area (Å²) in [6.07, 6.45) is 0. The highest BCUT2D eigenvalue weighted by atomic mass is 32.2. The van der Waals surface area contributed by atoms with E-state index in [2.05, 4.69) is 97.8 Å². The summed E-state index contributed by atoms with van der Waals surface area (Å²) in [5, 5.41) is 3.47. The normalized spacial score (nSPS) is 13.4. The van der Waals surface area contributed by atoms with Gasteiger partial charge in [0.25, 0.3) is 0 Å². The van der Waals surface area contributed by atoms with Gasteiger partial charge in [0.05, 0.1) is 11.1 Å². The number of anilines is 1. The van der Waals surface area contributed by atoms with E-state index in [0.717, 1.165) is 65.8 Å². The van der Waals surface area contributed by atoms with Crippen LogP contribution in [0.2, 0.25) is 0 Å². The Bertz CT molecular complexity index is 1430. The summed E-state index contributed by atoms with van der Waals surface area (Å²) >= 11 is 1.85. The maximum absolute atomic E-state index is 6.64. The van der Waals surface area contributed by atoms with Crippen molar-refractivity contribution in [3.63, 3.8) is 0 Å². The van der Waals surface area contributed by atoms with Gasteiger partial charge in [-0.15, -0.1) is 11.8 Å². The summed E-state index contributed by atoms with van der Waals surface area (Å²) in [4.78, 5) is 7.18. The molecule has 0 saturated carbocycles. The van der Waals surface area contributed by atoms with Crippen LogP contribution in [-0.4, -0.2) is 43.5 Å². The number of rotatable bonds is 7. The second-order valence-electron chi connectivity index (χ2n) is 8.76. The van der Waals surface area contributed by atoms with Crippen LogP contribution in [0, 0.1) is 0 Å². The van der Waals surface area contributed by atoms with Crippen LogP contribution in [0.25, 0.3) is 33.4 Å². The third-order valence-electron chi connectivity index (χ3n) is 6.96. The molecule has 0 N–H and O–H groups in total. The van der Waals surface area contributed by atoms with Gasteiger partial charge in [0.2, 0.25) is 5.36 Å². The van der Waals surface area contributed by atoms with E-state index in [0.29, 0.717) is 0 Å². The Morgan fingerprint density at radius 2 is 1.66 bits per heavy atom. The summed E-state index contributed by atoms with van der Waals surface area (Å²) in [7, 11) is 0. The Morgan fingerprint density at radius 3 is 2.34 bits per heavy atom. The van der Waals surface area contributed by atoms with Crippen LogP contribution in [0.1, 0.15) is 33.3 Å². The van der Waals surface area contributed by atoms with Crippen LogP contribution in [0.5, 0.6) is 0 Å². The molecule has 2 aromatic rings. The number of thioether (sulfide) groups is 1. The van der Waals surface area contributed by atoms with Gasteiger partial charge in [-0.1, -0.05) is 24.3 Å². The molecule has 5 heteroatoms. The van der Waals surface area contributed by atoms with Crippen molar-refractivity contribution < 1.29 is 4.42 Å². The average Bonchev–Trinajstić information content (AvgIpc) is 3.43. The van der Waals surface area contributed by atoms with Crippen molar-refractivity contribution in [2.24, 2.45) is 4.99 Å². The van der Waals surface area contributed by atoms with E-state index in [1.165, 1.54) is 27.7 Å². The molecule has 1 aliphatic carbocycles. The molecule has 0 bridgehead atoms. The lowest BCUT2D eigenvalue weighted by Crippen LogP contribution is -2.29. The number of aliphatic imine (C=N–C) groups is 1. The Hall–Kier alpha value is -3.05. The third kappa shape index (κ3) is 4.38. The van der Waals surface area contributed by atoms with Gasteiger partial charge in [-0.3, -0.25) is 4.99 Å². The van der Waals surface area contributed by atoms with Crippen molar-refractivity contribution in [3.8, 4) is 22.5 Å². The molecule has 0 fully saturated rings. The van der Waals surface area contributed by atoms with Gasteiger partial charge in [0.15, 0.2) is 0 Å². The van der Waals surface area contributed by atoms with Gasteiger partial charge >= 0.3 is 0 Å². The van der Waals surface area contributed by atoms with Gasteiger partial charge < -0.3 is 9.32 Å². The zero-order valence-electron chi connectivity index (χ0n) is 21.2. The van der Waals surface area contributed by atoms with Crippen molar-refractivity contribution >= 4 is 33.5 Å². The zero-order valence-corrected chi connectivity index (χ0v) is 22.0. The van der Waals surface area contributed by atoms with Crippen molar-refractivity contribution in [1.82, 2.24) is 4.58 Å². The molecule has 2 aliphatic heterocycles. The predicted octanol–water partition coefficient (Wildman–Crippen LogP) is 6.36. The van der Waals surface area contributed by atoms with Gasteiger partial charge in [-0.25, -0.2) is 4.58 Å². The average molecular weight is 485 g/mol. The molecule has 0 atom stereocenters. The Morgan fingerprint density at radius 1 is 0.886 bits per heavy atom. The minimum atomic E-state index is 0.889. The fourth-order valence-electron chi connectivity index (χ4n) is 5.11. The van der Waals surface area contributed by atoms with E-state index in [1.807, 2.05) is 11.8 Å². The summed E-state index contributed by atoms with van der Waals surface area (Å²) in [6, 6.07) is 22.1. The Labute approximate surface area is 212 Å². The molecular formula is C30H34N3OS+. The number of nitrogens with zero attached hydrogens (tertiary/aromatic N) is 3. The Balaban J connectivity index is 1.86. The smallest absolute Gasteiger partial charge is 0.203 e. The van der Waals surface area contributed by atoms with Crippen molar-refractivity contribution in [1.29, 1.82) is 0 Å². The highest BCUT2D eigenvalue weighted by Crippen LogP contribution is 2.43. The maximum atomic E-state index is 6.64. The van der Waals surface area contributed by atoms with E-state index in [9.17, 15) is 0 Å². The molecule has 3 aliphatic rings. The van der Waals surface area contributed by atoms with E-state index in [-0.39, 0.29) is 0 Å². The van der Waals surface area contributed by atoms with E-state index >= 15 is 0 Å². The molecule has 0 aromatic heterocycles. The van der Waals surface area contributed by atoms with E-state index in [1.54, 1.807) is 0 Å². The highest BCUT2D eigenvalue weighted by Gasteiger charge is 2.23. The van der Waals surface area contributed by atoms with Gasteiger partial charge in [-0.05, 0) is 51.5 Å². The van der Waals surface area contributed by atoms with Crippen LogP contribution in [0.4, 0.5) is 5.69 Å². The Kier molecular flexibility index (Phi) is 6.96. The fraction of sp³-hybridized carbons (Fsp3) is 0.333. The van der Waals surface area contributed by atoms with Crippen LogP contribution < -0.4 is 14.8 Å². The first-order valence-corrected chi connectivity index (χ1v) is 13.8. The maximum Gasteiger partial charge on any atom is 0.203 e. The second kappa shape index (κ2) is 10.3. The van der Waals surface area contributed by atoms with Crippen molar-refractivity contribution in [2.75, 3.05) is 43.4 Å². The van der Waals surface area contributed by atoms with Crippen LogP contribution in [0.3, 0.4) is 0 Å². The lowest BCUT2D eigenvalue weighted by atomic mass is 9.91. The number of fused-ring (bicyclic) bond motifs is 2. The molecule has 0 radical (unpaired) electrons. The SMILES string of the molecule is CCN(CC)c1ccc2c(-c3ccccc3C3=NCCS3)c3ccc(=[N+](CC)CC)cc-3oc2c1. The molecule has 180 valence electrons. The van der Waals surface area contributed by atoms with Crippen molar-refractivity contribution in [3.05, 3.63) is 71.6 Å². The van der Waals surface area contributed by atoms with Gasteiger partial charge in [-0.2, -0.15) is 0 Å². The minimum absolute atomic E-state index is 0.889. The number of benzene rings is 3. The molecule has 4 nitrogen and oxygen atoms in total. The zero-order chi connectivity index (χ0) is 24.4. The van der Waals surface area contributed by atoms with Gasteiger partial charge in [0, 0.05) is 65.3 Å². The number of hydrogen-bond donors (Lipinski definition) is 0. The lowest BCUT2D eigenvalue weighted by Gasteiger charge is -2.22. The summed E-state index contributed by atoms with van der Waals surface area (Å²) < 4.78 is 9.01. The first-order valence-electron chi connectivity index (χ1n) is 12.8. The van der Waals surface area contributed by atoms with Gasteiger partial charge in [0.1, 0.15) is 24.4 Å². The summed E-state index contributed by atoms with van der Waals surface area (Å²) in [5.74, 6) is 1.97. The summed E-state index contributed by atoms with van der Waals surface area (Å²) in [6.45, 7) is 13.5. The lowest BCUT2D eigenvalue weighted by molar-refractivity contribution is 0.604. The molecule has 5 rings (SSSR count). The summed E-state index contributed by atoms with van der Waals surface area (Å²) in [5.41, 5.74) is 6.91. The monoisotopic (exact) mass is 484 g/mol. The largest absolute Gasteiger partial charge is 0.456 e. The fourth-order valence-corrected chi connectivity index (χ4v) is 6.01. The minimum Gasteiger partial charge on any atom is -0.456 e. The predicted molar refractivity (Wildman–Crippen MR) is 152 cm³/mol. The quantitative estimate of drug-likeness (QED) is 0.226. The standard InChI is InChI=1S/C30H34N3OS/c1-5-32(6-2)21-13-15-25-27(19-21)34-28-20-22(33(7-3)8-4)14-16-26(28)29(25)23-11-9-10-12-24(23)30-31-17-18-35-30/h9-16,19-20H,5-8,17-18H2,1-4H3/q+1. The molecule has 0 saturated heterocycles. The van der Waals surface area contributed by atoms with E-state index < -0.39 is 0 Å². The van der Waals surface area contributed by atoms with E-state index in [4.69, 9.17) is 9.41 Å². The van der Waals surface area contributed by atoms with Crippen molar-refractivity contribution in [2.45, 2.75) is 27.7 Å². The molecule has 2 aromatic carbocycles. The first kappa shape index (κ1) is 23.7. The molecule has 2 heterocycles. The van der Waals surface area contributed by atoms with Crippen LogP contribution in [0.15, 0.2) is 70.1 Å². The third-order valence-corrected chi connectivity index (χ3v) is 7.97. The first-order chi connectivity index (χ1) is 17.2. The molecule has 0 unspecified atom stereocenters. The van der Waals surface area contributed by atoms with Crippen LogP contribution in [-0.2, 0) is 0 Å². The topological polar surface area (TPSA) is 31.8 Å². The van der Waals surface area contributed by atoms with Crippen LogP contribution >= 0.6 is 11.8 Å². The molecule has 0 amide bonds. The number of hydrogen-bond acceptors (Lipinski definition) is 4. The second-order valence-corrected chi connectivity index (χ2v) is 9.85. The highest BCUT2D eigenvalue weighted by molar-refractivity contribution is 8.14. The molecule has 35 heavy (non-hydrogen) atoms. The molecule has 0 spiro atoms.